The van der Waals surface area contributed by atoms with Crippen LogP contribution in [0.3, 0.4) is 0 Å². The van der Waals surface area contributed by atoms with Crippen molar-refractivity contribution in [2.24, 2.45) is 0 Å². The van der Waals surface area contributed by atoms with Crippen molar-refractivity contribution in [3.05, 3.63) is 70.0 Å². The smallest absolute Gasteiger partial charge is 0.194 e. The van der Waals surface area contributed by atoms with Crippen LogP contribution >= 0.6 is 0 Å². The molecule has 1 N–H and O–H groups in total. The maximum atomic E-state index is 13.2. The molecule has 4 heteroatoms. The lowest BCUT2D eigenvalue weighted by Gasteiger charge is -2.14. The Morgan fingerprint density at radius 2 is 1.60 bits per heavy atom. The summed E-state index contributed by atoms with van der Waals surface area (Å²) >= 11 is 0. The largest absolute Gasteiger partial charge is 0.388 e. The van der Waals surface area contributed by atoms with Crippen molar-refractivity contribution in [1.82, 2.24) is 0 Å². The van der Waals surface area contributed by atoms with Gasteiger partial charge in [-0.25, -0.2) is 13.2 Å². The second-order valence-electron chi connectivity index (χ2n) is 4.95. The van der Waals surface area contributed by atoms with Crippen molar-refractivity contribution < 1.29 is 18.3 Å². The van der Waals surface area contributed by atoms with Gasteiger partial charge in [0.25, 0.3) is 0 Å². The van der Waals surface area contributed by atoms with Gasteiger partial charge in [0.05, 0.1) is 6.10 Å². The van der Waals surface area contributed by atoms with E-state index in [1.54, 1.807) is 0 Å². The molecule has 1 unspecified atom stereocenters. The highest BCUT2D eigenvalue weighted by Gasteiger charge is 2.16. The molecule has 2 rings (SSSR count). The Kier molecular flexibility index (Phi) is 4.14. The number of benzene rings is 2. The fraction of sp³-hybridized carbons (Fsp3) is 0.250. The van der Waals surface area contributed by atoms with Crippen LogP contribution in [0.4, 0.5) is 13.2 Å². The summed E-state index contributed by atoms with van der Waals surface area (Å²) in [6.07, 6.45) is -0.863. The summed E-state index contributed by atoms with van der Waals surface area (Å²) in [5.41, 5.74) is 2.94. The van der Waals surface area contributed by atoms with Gasteiger partial charge in [-0.3, -0.25) is 0 Å². The molecule has 0 amide bonds. The van der Waals surface area contributed by atoms with E-state index >= 15 is 0 Å². The van der Waals surface area contributed by atoms with Crippen LogP contribution in [-0.4, -0.2) is 5.11 Å². The Morgan fingerprint density at radius 3 is 2.20 bits per heavy atom. The molecule has 0 aliphatic rings. The molecule has 0 radical (unpaired) electrons. The standard InChI is InChI=1S/C16H15F3O/c1-9-3-4-10(2)11(5-9)8-15(20)12-6-13(17)16(19)14(18)7-12/h3-7,15,20H,8H2,1-2H3. The quantitative estimate of drug-likeness (QED) is 0.843. The Labute approximate surface area is 115 Å². The molecule has 106 valence electrons. The summed E-state index contributed by atoms with van der Waals surface area (Å²) in [6, 6.07) is 7.43. The van der Waals surface area contributed by atoms with Crippen molar-refractivity contribution in [1.29, 1.82) is 0 Å². The highest BCUT2D eigenvalue weighted by atomic mass is 19.2. The highest BCUT2D eigenvalue weighted by molar-refractivity contribution is 5.32. The lowest BCUT2D eigenvalue weighted by molar-refractivity contribution is 0.177. The molecule has 1 nitrogen and oxygen atoms in total. The van der Waals surface area contributed by atoms with Crippen LogP contribution < -0.4 is 0 Å². The number of halogens is 3. The van der Waals surface area contributed by atoms with E-state index in [-0.39, 0.29) is 12.0 Å². The summed E-state index contributed by atoms with van der Waals surface area (Å²) in [7, 11) is 0. The fourth-order valence-corrected chi connectivity index (χ4v) is 2.11. The highest BCUT2D eigenvalue weighted by Crippen LogP contribution is 2.24. The first kappa shape index (κ1) is 14.6. The van der Waals surface area contributed by atoms with Gasteiger partial charge in [0.15, 0.2) is 17.5 Å². The van der Waals surface area contributed by atoms with Gasteiger partial charge in [0.2, 0.25) is 0 Å². The van der Waals surface area contributed by atoms with Gasteiger partial charge in [0, 0.05) is 6.42 Å². The van der Waals surface area contributed by atoms with Gasteiger partial charge in [-0.15, -0.1) is 0 Å². The maximum Gasteiger partial charge on any atom is 0.194 e. The molecule has 0 heterocycles. The van der Waals surface area contributed by atoms with Crippen LogP contribution in [0, 0.1) is 31.3 Å². The molecule has 1 atom stereocenters. The molecular weight excluding hydrogens is 265 g/mol. The van der Waals surface area contributed by atoms with Gasteiger partial charge in [-0.2, -0.15) is 0 Å². The Morgan fingerprint density at radius 1 is 1.00 bits per heavy atom. The normalized spacial score (nSPS) is 12.5. The zero-order chi connectivity index (χ0) is 14.9. The molecule has 0 fully saturated rings. The third-order valence-corrected chi connectivity index (χ3v) is 3.31. The molecule has 0 aliphatic heterocycles. The third-order valence-electron chi connectivity index (χ3n) is 3.31. The number of rotatable bonds is 3. The molecule has 20 heavy (non-hydrogen) atoms. The van der Waals surface area contributed by atoms with E-state index < -0.39 is 23.6 Å². The number of hydrogen-bond acceptors (Lipinski definition) is 1. The van der Waals surface area contributed by atoms with E-state index in [1.165, 1.54) is 0 Å². The van der Waals surface area contributed by atoms with Gasteiger partial charge < -0.3 is 5.11 Å². The Bertz CT molecular complexity index is 615. The van der Waals surface area contributed by atoms with E-state index in [0.29, 0.717) is 0 Å². The van der Waals surface area contributed by atoms with Crippen LogP contribution in [0.1, 0.15) is 28.4 Å². The zero-order valence-electron chi connectivity index (χ0n) is 11.3. The number of aryl methyl sites for hydroxylation is 2. The minimum absolute atomic E-state index is 0.0299. The van der Waals surface area contributed by atoms with E-state index in [2.05, 4.69) is 0 Å². The molecule has 0 saturated heterocycles. The molecule has 0 aromatic heterocycles. The molecule has 0 bridgehead atoms. The number of hydrogen-bond donors (Lipinski definition) is 1. The molecule has 2 aromatic rings. The van der Waals surface area contributed by atoms with E-state index in [4.69, 9.17) is 0 Å². The van der Waals surface area contributed by atoms with Crippen molar-refractivity contribution in [3.63, 3.8) is 0 Å². The first-order chi connectivity index (χ1) is 9.38. The predicted molar refractivity (Wildman–Crippen MR) is 70.9 cm³/mol. The predicted octanol–water partition coefficient (Wildman–Crippen LogP) is 4.00. The van der Waals surface area contributed by atoms with Gasteiger partial charge >= 0.3 is 0 Å². The first-order valence-electron chi connectivity index (χ1n) is 6.27. The number of aliphatic hydroxyl groups is 1. The summed E-state index contributed by atoms with van der Waals surface area (Å²) < 4.78 is 39.2. The minimum Gasteiger partial charge on any atom is -0.388 e. The van der Waals surface area contributed by atoms with E-state index in [0.717, 1.165) is 28.8 Å². The lowest BCUT2D eigenvalue weighted by atomic mass is 9.96. The second-order valence-corrected chi connectivity index (χ2v) is 4.95. The van der Waals surface area contributed by atoms with Crippen LogP contribution in [0.15, 0.2) is 30.3 Å². The van der Waals surface area contributed by atoms with Crippen LogP contribution in [-0.2, 0) is 6.42 Å². The van der Waals surface area contributed by atoms with Crippen LogP contribution in [0.2, 0.25) is 0 Å². The zero-order valence-corrected chi connectivity index (χ0v) is 11.3. The third kappa shape index (κ3) is 3.02. The SMILES string of the molecule is Cc1ccc(C)c(CC(O)c2cc(F)c(F)c(F)c2)c1. The molecule has 0 aliphatic carbocycles. The lowest BCUT2D eigenvalue weighted by Crippen LogP contribution is -2.06. The Hall–Kier alpha value is -1.81. The van der Waals surface area contributed by atoms with Gasteiger partial charge in [-0.05, 0) is 42.7 Å². The van der Waals surface area contributed by atoms with Crippen molar-refractivity contribution in [3.8, 4) is 0 Å². The topological polar surface area (TPSA) is 20.2 Å². The fourth-order valence-electron chi connectivity index (χ4n) is 2.11. The second kappa shape index (κ2) is 5.67. The number of aliphatic hydroxyl groups excluding tert-OH is 1. The maximum absolute atomic E-state index is 13.2. The van der Waals surface area contributed by atoms with Crippen molar-refractivity contribution >= 4 is 0 Å². The van der Waals surface area contributed by atoms with E-state index in [9.17, 15) is 18.3 Å². The minimum atomic E-state index is -1.52. The molecule has 2 aromatic carbocycles. The molecule has 0 saturated carbocycles. The summed E-state index contributed by atoms with van der Waals surface area (Å²) in [5, 5.41) is 10.1. The van der Waals surface area contributed by atoms with Crippen molar-refractivity contribution in [2.75, 3.05) is 0 Å². The van der Waals surface area contributed by atoms with Crippen LogP contribution in [0.25, 0.3) is 0 Å². The first-order valence-corrected chi connectivity index (χ1v) is 6.27. The summed E-state index contributed by atoms with van der Waals surface area (Å²) in [5.74, 6) is -4.10. The Balaban J connectivity index is 2.28. The van der Waals surface area contributed by atoms with Gasteiger partial charge in [0.1, 0.15) is 0 Å². The summed E-state index contributed by atoms with van der Waals surface area (Å²) in [4.78, 5) is 0. The van der Waals surface area contributed by atoms with Crippen molar-refractivity contribution in [2.45, 2.75) is 26.4 Å². The molecule has 0 spiro atoms. The summed E-state index contributed by atoms with van der Waals surface area (Å²) in [6.45, 7) is 3.82. The van der Waals surface area contributed by atoms with Crippen LogP contribution in [0.5, 0.6) is 0 Å². The van der Waals surface area contributed by atoms with Gasteiger partial charge in [-0.1, -0.05) is 23.8 Å². The molecular formula is C16H15F3O. The average Bonchev–Trinajstić information content (AvgIpc) is 2.39. The van der Waals surface area contributed by atoms with E-state index in [1.807, 2.05) is 32.0 Å². The average molecular weight is 280 g/mol. The monoisotopic (exact) mass is 280 g/mol.